The molecular formula is C15H11N3O2S. The third-order valence-electron chi connectivity index (χ3n) is 3.40. The number of benzene rings is 1. The zero-order chi connectivity index (χ0) is 14.4. The normalized spacial score (nSPS) is 12.0. The number of amides is 1. The van der Waals surface area contributed by atoms with E-state index in [4.69, 9.17) is 4.52 Å². The van der Waals surface area contributed by atoms with Crippen LogP contribution in [0.4, 0.5) is 5.13 Å². The van der Waals surface area contributed by atoms with Crippen LogP contribution in [-0.2, 0) is 6.42 Å². The second-order valence-electron chi connectivity index (χ2n) is 4.90. The van der Waals surface area contributed by atoms with Gasteiger partial charge in [0.1, 0.15) is 5.76 Å². The zero-order valence-corrected chi connectivity index (χ0v) is 12.0. The lowest BCUT2D eigenvalue weighted by molar-refractivity contribution is 0.101. The minimum Gasteiger partial charge on any atom is -0.361 e. The molecule has 0 saturated heterocycles. The van der Waals surface area contributed by atoms with Crippen LogP contribution in [0.5, 0.6) is 0 Å². The molecule has 1 amide bonds. The van der Waals surface area contributed by atoms with Crippen LogP contribution in [-0.4, -0.2) is 16.0 Å². The summed E-state index contributed by atoms with van der Waals surface area (Å²) in [5.41, 5.74) is 3.68. The summed E-state index contributed by atoms with van der Waals surface area (Å²) in [6.07, 6.45) is 0.877. The highest BCUT2D eigenvalue weighted by atomic mass is 32.1. The topological polar surface area (TPSA) is 68.0 Å². The van der Waals surface area contributed by atoms with E-state index in [2.05, 4.69) is 27.6 Å². The summed E-state index contributed by atoms with van der Waals surface area (Å²) < 4.78 is 4.90. The Morgan fingerprint density at radius 2 is 2.24 bits per heavy atom. The fourth-order valence-corrected chi connectivity index (χ4v) is 3.44. The summed E-state index contributed by atoms with van der Waals surface area (Å²) in [6, 6.07) is 9.81. The van der Waals surface area contributed by atoms with Crippen molar-refractivity contribution in [1.29, 1.82) is 0 Å². The van der Waals surface area contributed by atoms with E-state index in [0.717, 1.165) is 17.7 Å². The number of hydrogen-bond acceptors (Lipinski definition) is 5. The van der Waals surface area contributed by atoms with Gasteiger partial charge >= 0.3 is 0 Å². The Balaban J connectivity index is 1.61. The Morgan fingerprint density at radius 3 is 3.05 bits per heavy atom. The van der Waals surface area contributed by atoms with Crippen molar-refractivity contribution in [2.75, 3.05) is 5.32 Å². The van der Waals surface area contributed by atoms with Crippen molar-refractivity contribution in [3.05, 3.63) is 52.2 Å². The molecule has 0 bridgehead atoms. The summed E-state index contributed by atoms with van der Waals surface area (Å²) in [4.78, 5) is 17.7. The fraction of sp³-hybridized carbons (Fsp3) is 0.133. The lowest BCUT2D eigenvalue weighted by Crippen LogP contribution is -2.11. The van der Waals surface area contributed by atoms with Crippen molar-refractivity contribution in [1.82, 2.24) is 10.1 Å². The number of carbonyl (C=O) groups is 1. The molecule has 1 aliphatic carbocycles. The Kier molecular flexibility index (Phi) is 2.65. The van der Waals surface area contributed by atoms with Gasteiger partial charge in [-0.3, -0.25) is 10.1 Å². The van der Waals surface area contributed by atoms with E-state index in [1.807, 2.05) is 12.1 Å². The van der Waals surface area contributed by atoms with Crippen LogP contribution in [0.3, 0.4) is 0 Å². The minimum atomic E-state index is -0.299. The van der Waals surface area contributed by atoms with E-state index in [-0.39, 0.29) is 11.6 Å². The van der Waals surface area contributed by atoms with Gasteiger partial charge in [0.25, 0.3) is 5.91 Å². The average Bonchev–Trinajstić information content (AvgIpc) is 3.12. The Morgan fingerprint density at radius 1 is 1.38 bits per heavy atom. The molecule has 1 aromatic carbocycles. The highest BCUT2D eigenvalue weighted by molar-refractivity contribution is 7.16. The Hall–Kier alpha value is -2.47. The van der Waals surface area contributed by atoms with Crippen molar-refractivity contribution in [3.8, 4) is 11.3 Å². The first kappa shape index (κ1) is 12.3. The zero-order valence-electron chi connectivity index (χ0n) is 11.2. The van der Waals surface area contributed by atoms with Crippen LogP contribution in [0.1, 0.15) is 26.7 Å². The van der Waals surface area contributed by atoms with Crippen molar-refractivity contribution in [3.63, 3.8) is 0 Å². The van der Waals surface area contributed by atoms with Crippen LogP contribution in [0.15, 0.2) is 34.9 Å². The predicted molar refractivity (Wildman–Crippen MR) is 79.5 cm³/mol. The molecule has 2 aromatic heterocycles. The molecule has 1 N–H and O–H groups in total. The van der Waals surface area contributed by atoms with Gasteiger partial charge < -0.3 is 4.52 Å². The number of rotatable bonds is 2. The lowest BCUT2D eigenvalue weighted by Gasteiger charge is -1.99. The van der Waals surface area contributed by atoms with Gasteiger partial charge in [0.2, 0.25) is 0 Å². The first-order valence-corrected chi connectivity index (χ1v) is 7.35. The van der Waals surface area contributed by atoms with Crippen LogP contribution in [0.25, 0.3) is 11.3 Å². The van der Waals surface area contributed by atoms with Crippen LogP contribution in [0.2, 0.25) is 0 Å². The maximum Gasteiger partial charge on any atom is 0.279 e. The maximum absolute atomic E-state index is 12.0. The maximum atomic E-state index is 12.0. The molecule has 0 fully saturated rings. The van der Waals surface area contributed by atoms with Gasteiger partial charge in [-0.05, 0) is 12.5 Å². The second-order valence-corrected chi connectivity index (χ2v) is 5.99. The van der Waals surface area contributed by atoms with E-state index in [1.54, 1.807) is 13.0 Å². The summed E-state index contributed by atoms with van der Waals surface area (Å²) in [5, 5.41) is 7.08. The van der Waals surface area contributed by atoms with E-state index in [9.17, 15) is 4.79 Å². The summed E-state index contributed by atoms with van der Waals surface area (Å²) >= 11 is 1.51. The molecule has 0 unspecified atom stereocenters. The molecule has 5 nitrogen and oxygen atoms in total. The largest absolute Gasteiger partial charge is 0.361 e. The molecule has 0 saturated carbocycles. The van der Waals surface area contributed by atoms with Gasteiger partial charge in [0, 0.05) is 22.9 Å². The molecule has 21 heavy (non-hydrogen) atoms. The SMILES string of the molecule is Cc1cc(C(=O)Nc2nc3c(s2)Cc2ccccc2-3)no1. The molecule has 0 radical (unpaired) electrons. The van der Waals surface area contributed by atoms with Gasteiger partial charge in [-0.1, -0.05) is 29.4 Å². The molecular weight excluding hydrogens is 286 g/mol. The number of hydrogen-bond donors (Lipinski definition) is 1. The number of nitrogens with zero attached hydrogens (tertiary/aromatic N) is 2. The molecule has 4 rings (SSSR count). The van der Waals surface area contributed by atoms with Crippen LogP contribution in [0, 0.1) is 6.92 Å². The highest BCUT2D eigenvalue weighted by Crippen LogP contribution is 2.40. The molecule has 0 aliphatic heterocycles. The van der Waals surface area contributed by atoms with Crippen molar-refractivity contribution >= 4 is 22.4 Å². The molecule has 2 heterocycles. The van der Waals surface area contributed by atoms with Crippen LogP contribution >= 0.6 is 11.3 Å². The van der Waals surface area contributed by atoms with Gasteiger partial charge in [-0.2, -0.15) is 0 Å². The summed E-state index contributed by atoms with van der Waals surface area (Å²) in [5.74, 6) is 0.309. The van der Waals surface area contributed by atoms with Crippen molar-refractivity contribution < 1.29 is 9.32 Å². The standard InChI is InChI=1S/C15H11N3O2S/c1-8-6-11(18-20-8)14(19)17-15-16-13-10-5-3-2-4-9(10)7-12(13)21-15/h2-6H,7H2,1H3,(H,16,17,19). The van der Waals surface area contributed by atoms with E-state index in [1.165, 1.54) is 21.8 Å². The Bertz CT molecular complexity index is 850. The van der Waals surface area contributed by atoms with Crippen LogP contribution < -0.4 is 5.32 Å². The molecule has 104 valence electrons. The number of thiazole rings is 1. The fourth-order valence-electron chi connectivity index (χ4n) is 2.45. The molecule has 3 aromatic rings. The van der Waals surface area contributed by atoms with Gasteiger partial charge in [-0.15, -0.1) is 11.3 Å². The lowest BCUT2D eigenvalue weighted by atomic mass is 10.1. The van der Waals surface area contributed by atoms with E-state index >= 15 is 0 Å². The summed E-state index contributed by atoms with van der Waals surface area (Å²) in [6.45, 7) is 1.75. The van der Waals surface area contributed by atoms with Gasteiger partial charge in [0.15, 0.2) is 10.8 Å². The number of aromatic nitrogens is 2. The quantitative estimate of drug-likeness (QED) is 0.616. The second kappa shape index (κ2) is 4.53. The van der Waals surface area contributed by atoms with Crippen molar-refractivity contribution in [2.45, 2.75) is 13.3 Å². The third-order valence-corrected chi connectivity index (χ3v) is 4.37. The number of aryl methyl sites for hydroxylation is 1. The number of carbonyl (C=O) groups excluding carboxylic acids is 1. The highest BCUT2D eigenvalue weighted by Gasteiger charge is 2.23. The molecule has 0 spiro atoms. The monoisotopic (exact) mass is 297 g/mol. The molecule has 6 heteroatoms. The first-order valence-electron chi connectivity index (χ1n) is 6.53. The average molecular weight is 297 g/mol. The van der Waals surface area contributed by atoms with Gasteiger partial charge in [0.05, 0.1) is 5.69 Å². The van der Waals surface area contributed by atoms with E-state index < -0.39 is 0 Å². The molecule has 1 aliphatic rings. The molecule has 0 atom stereocenters. The van der Waals surface area contributed by atoms with Gasteiger partial charge in [-0.25, -0.2) is 4.98 Å². The van der Waals surface area contributed by atoms with E-state index in [0.29, 0.717) is 10.9 Å². The van der Waals surface area contributed by atoms with Crippen molar-refractivity contribution in [2.24, 2.45) is 0 Å². The number of anilines is 1. The number of nitrogens with one attached hydrogen (secondary N) is 1. The first-order chi connectivity index (χ1) is 10.2. The predicted octanol–water partition coefficient (Wildman–Crippen LogP) is 3.26. The minimum absolute atomic E-state index is 0.267. The third kappa shape index (κ3) is 2.04. The summed E-state index contributed by atoms with van der Waals surface area (Å²) in [7, 11) is 0. The smallest absolute Gasteiger partial charge is 0.279 e. The number of fused-ring (bicyclic) bond motifs is 3. The Labute approximate surface area is 124 Å².